The van der Waals surface area contributed by atoms with Crippen LogP contribution < -0.4 is 5.32 Å². The topological polar surface area (TPSA) is 49.3 Å². The average molecular weight is 157 g/mol. The van der Waals surface area contributed by atoms with Crippen LogP contribution in [0.15, 0.2) is 12.2 Å². The predicted octanol–water partition coefficient (Wildman–Crippen LogP) is 0.450. The Morgan fingerprint density at radius 2 is 2.27 bits per heavy atom. The number of aliphatic hydroxyl groups excluding tert-OH is 1. The maximum Gasteiger partial charge on any atom is 0.246 e. The first-order valence-electron chi connectivity index (χ1n) is 3.69. The summed E-state index contributed by atoms with van der Waals surface area (Å²) in [6.07, 6.45) is 0.732. The predicted molar refractivity (Wildman–Crippen MR) is 44.1 cm³/mol. The second-order valence-corrected chi connectivity index (χ2v) is 2.54. The molecule has 0 aliphatic heterocycles. The minimum absolute atomic E-state index is 0.0183. The molecule has 0 unspecified atom stereocenters. The van der Waals surface area contributed by atoms with Crippen molar-refractivity contribution in [2.75, 3.05) is 6.61 Å². The summed E-state index contributed by atoms with van der Waals surface area (Å²) in [6, 6.07) is -0.140. The summed E-state index contributed by atoms with van der Waals surface area (Å²) in [5.41, 5.74) is 0.469. The molecule has 0 heterocycles. The van der Waals surface area contributed by atoms with E-state index in [1.807, 2.05) is 6.92 Å². The van der Waals surface area contributed by atoms with Crippen molar-refractivity contribution in [3.05, 3.63) is 12.2 Å². The van der Waals surface area contributed by atoms with Crippen molar-refractivity contribution in [3.63, 3.8) is 0 Å². The van der Waals surface area contributed by atoms with Crippen molar-refractivity contribution < 1.29 is 9.90 Å². The highest BCUT2D eigenvalue weighted by Crippen LogP contribution is 1.92. The van der Waals surface area contributed by atoms with Crippen LogP contribution in [0.25, 0.3) is 0 Å². The van der Waals surface area contributed by atoms with Gasteiger partial charge in [0.15, 0.2) is 0 Å². The van der Waals surface area contributed by atoms with Gasteiger partial charge in [-0.15, -0.1) is 0 Å². The standard InChI is InChI=1S/C8H15NO2/c1-4-7(5-10)9-8(11)6(2)3/h7,10H,2,4-5H2,1,3H3,(H,9,11)/t7-/m1/s1. The summed E-state index contributed by atoms with van der Waals surface area (Å²) in [6.45, 7) is 7.01. The van der Waals surface area contributed by atoms with Crippen LogP contribution in [0.3, 0.4) is 0 Å². The molecule has 0 aromatic carbocycles. The Balaban J connectivity index is 3.81. The first kappa shape index (κ1) is 10.2. The normalized spacial score (nSPS) is 12.3. The summed E-state index contributed by atoms with van der Waals surface area (Å²) in [5.74, 6) is -0.189. The molecule has 0 saturated carbocycles. The number of hydrogen-bond acceptors (Lipinski definition) is 2. The molecule has 0 aromatic heterocycles. The molecular weight excluding hydrogens is 142 g/mol. The Kier molecular flexibility index (Phi) is 4.54. The van der Waals surface area contributed by atoms with Gasteiger partial charge < -0.3 is 10.4 Å². The molecule has 3 heteroatoms. The lowest BCUT2D eigenvalue weighted by atomic mass is 10.2. The van der Waals surface area contributed by atoms with Gasteiger partial charge in [-0.3, -0.25) is 4.79 Å². The third-order valence-electron chi connectivity index (χ3n) is 1.44. The first-order chi connectivity index (χ1) is 5.11. The maximum atomic E-state index is 10.9. The smallest absolute Gasteiger partial charge is 0.246 e. The van der Waals surface area contributed by atoms with Gasteiger partial charge in [0.05, 0.1) is 12.6 Å². The van der Waals surface area contributed by atoms with Crippen molar-refractivity contribution in [2.45, 2.75) is 26.3 Å². The van der Waals surface area contributed by atoms with Crippen LogP contribution in [-0.4, -0.2) is 23.7 Å². The molecule has 0 aliphatic rings. The Hall–Kier alpha value is -0.830. The fraction of sp³-hybridized carbons (Fsp3) is 0.625. The second-order valence-electron chi connectivity index (χ2n) is 2.54. The molecule has 11 heavy (non-hydrogen) atoms. The van der Waals surface area contributed by atoms with E-state index in [2.05, 4.69) is 11.9 Å². The van der Waals surface area contributed by atoms with E-state index in [0.29, 0.717) is 5.57 Å². The molecule has 0 bridgehead atoms. The zero-order valence-electron chi connectivity index (χ0n) is 7.05. The zero-order chi connectivity index (χ0) is 8.85. The van der Waals surface area contributed by atoms with Gasteiger partial charge in [-0.25, -0.2) is 0 Å². The number of aliphatic hydroxyl groups is 1. The molecule has 1 amide bonds. The number of carbonyl (C=O) groups is 1. The minimum atomic E-state index is -0.189. The van der Waals surface area contributed by atoms with Crippen molar-refractivity contribution in [3.8, 4) is 0 Å². The molecule has 0 saturated heterocycles. The van der Waals surface area contributed by atoms with Crippen molar-refractivity contribution in [1.82, 2.24) is 5.32 Å². The van der Waals surface area contributed by atoms with Crippen LogP contribution in [0.2, 0.25) is 0 Å². The highest BCUT2D eigenvalue weighted by Gasteiger charge is 2.08. The largest absolute Gasteiger partial charge is 0.394 e. The Morgan fingerprint density at radius 3 is 2.55 bits per heavy atom. The summed E-state index contributed by atoms with van der Waals surface area (Å²) >= 11 is 0. The summed E-state index contributed by atoms with van der Waals surface area (Å²) < 4.78 is 0. The van der Waals surface area contributed by atoms with Crippen LogP contribution in [0.1, 0.15) is 20.3 Å². The quantitative estimate of drug-likeness (QED) is 0.582. The average Bonchev–Trinajstić information content (AvgIpc) is 1.99. The summed E-state index contributed by atoms with van der Waals surface area (Å²) in [5, 5.41) is 11.3. The molecule has 3 nitrogen and oxygen atoms in total. The van der Waals surface area contributed by atoms with Crippen molar-refractivity contribution >= 4 is 5.91 Å². The summed E-state index contributed by atoms with van der Waals surface area (Å²) in [7, 11) is 0. The number of rotatable bonds is 4. The van der Waals surface area contributed by atoms with Gasteiger partial charge in [-0.2, -0.15) is 0 Å². The van der Waals surface area contributed by atoms with Gasteiger partial charge in [0.25, 0.3) is 0 Å². The molecule has 64 valence electrons. The highest BCUT2D eigenvalue weighted by atomic mass is 16.3. The minimum Gasteiger partial charge on any atom is -0.394 e. The Bertz CT molecular complexity index is 150. The number of hydrogen-bond donors (Lipinski definition) is 2. The fourth-order valence-corrected chi connectivity index (χ4v) is 0.585. The van der Waals surface area contributed by atoms with Crippen LogP contribution >= 0.6 is 0 Å². The van der Waals surface area contributed by atoms with E-state index >= 15 is 0 Å². The molecule has 1 atom stereocenters. The number of nitrogens with one attached hydrogen (secondary N) is 1. The molecule has 0 spiro atoms. The molecule has 0 fully saturated rings. The summed E-state index contributed by atoms with van der Waals surface area (Å²) in [4.78, 5) is 10.9. The van der Waals surface area contributed by atoms with Crippen molar-refractivity contribution in [2.24, 2.45) is 0 Å². The molecule has 0 aliphatic carbocycles. The molecular formula is C8H15NO2. The van der Waals surface area contributed by atoms with Gasteiger partial charge in [0.2, 0.25) is 5.91 Å². The lowest BCUT2D eigenvalue weighted by molar-refractivity contribution is -0.118. The fourth-order valence-electron chi connectivity index (χ4n) is 0.585. The van der Waals surface area contributed by atoms with E-state index in [1.165, 1.54) is 0 Å². The maximum absolute atomic E-state index is 10.9. The first-order valence-corrected chi connectivity index (χ1v) is 3.69. The number of carbonyl (C=O) groups excluding carboxylic acids is 1. The lowest BCUT2D eigenvalue weighted by Crippen LogP contribution is -2.37. The van der Waals surface area contributed by atoms with Gasteiger partial charge in [0, 0.05) is 5.57 Å². The third kappa shape index (κ3) is 3.78. The van der Waals surface area contributed by atoms with E-state index in [4.69, 9.17) is 5.11 Å². The van der Waals surface area contributed by atoms with Gasteiger partial charge in [-0.05, 0) is 13.3 Å². The SMILES string of the molecule is C=C(C)C(=O)N[C@H](CC)CO. The Morgan fingerprint density at radius 1 is 1.73 bits per heavy atom. The monoisotopic (exact) mass is 157 g/mol. The van der Waals surface area contributed by atoms with Gasteiger partial charge in [-0.1, -0.05) is 13.5 Å². The van der Waals surface area contributed by atoms with Crippen LogP contribution in [-0.2, 0) is 4.79 Å². The molecule has 0 radical (unpaired) electrons. The highest BCUT2D eigenvalue weighted by molar-refractivity contribution is 5.92. The molecule has 0 aromatic rings. The van der Waals surface area contributed by atoms with E-state index in [9.17, 15) is 4.79 Å². The zero-order valence-corrected chi connectivity index (χ0v) is 7.05. The molecule has 0 rings (SSSR count). The van der Waals surface area contributed by atoms with Crippen LogP contribution in [0.4, 0.5) is 0 Å². The van der Waals surface area contributed by atoms with E-state index in [0.717, 1.165) is 6.42 Å². The van der Waals surface area contributed by atoms with Crippen molar-refractivity contribution in [1.29, 1.82) is 0 Å². The van der Waals surface area contributed by atoms with E-state index < -0.39 is 0 Å². The number of amides is 1. The molecule has 2 N–H and O–H groups in total. The van der Waals surface area contributed by atoms with Gasteiger partial charge >= 0.3 is 0 Å². The van der Waals surface area contributed by atoms with Crippen LogP contribution in [0.5, 0.6) is 0 Å². The lowest BCUT2D eigenvalue weighted by Gasteiger charge is -2.13. The van der Waals surface area contributed by atoms with E-state index in [-0.39, 0.29) is 18.6 Å². The van der Waals surface area contributed by atoms with E-state index in [1.54, 1.807) is 6.92 Å². The van der Waals surface area contributed by atoms with Crippen LogP contribution in [0, 0.1) is 0 Å². The Labute approximate surface area is 67.1 Å². The second kappa shape index (κ2) is 4.91. The third-order valence-corrected chi connectivity index (χ3v) is 1.44. The van der Waals surface area contributed by atoms with Gasteiger partial charge in [0.1, 0.15) is 0 Å².